The van der Waals surface area contributed by atoms with Crippen molar-refractivity contribution in [2.75, 3.05) is 17.2 Å². The first-order valence-corrected chi connectivity index (χ1v) is 9.13. The average Bonchev–Trinajstić information content (AvgIpc) is 3.46. The van der Waals surface area contributed by atoms with Gasteiger partial charge in [0.2, 0.25) is 5.95 Å². The Morgan fingerprint density at radius 1 is 1.26 bits per heavy atom. The molecule has 138 valence electrons. The molecule has 0 aliphatic heterocycles. The van der Waals surface area contributed by atoms with Crippen molar-refractivity contribution in [1.82, 2.24) is 9.97 Å². The first kappa shape index (κ1) is 18.7. The van der Waals surface area contributed by atoms with Crippen molar-refractivity contribution in [2.24, 2.45) is 11.1 Å². The van der Waals surface area contributed by atoms with Gasteiger partial charge in [-0.05, 0) is 63.9 Å². The molecule has 6 heteroatoms. The van der Waals surface area contributed by atoms with E-state index in [1.165, 1.54) is 0 Å². The maximum atomic E-state index is 8.89. The molecule has 27 heavy (non-hydrogen) atoms. The van der Waals surface area contributed by atoms with Crippen LogP contribution in [0, 0.1) is 28.6 Å². The third-order valence-electron chi connectivity index (χ3n) is 4.28. The highest BCUT2D eigenvalue weighted by molar-refractivity contribution is 5.60. The quantitative estimate of drug-likeness (QED) is 0.683. The Kier molecular flexibility index (Phi) is 5.59. The molecule has 0 saturated heterocycles. The lowest BCUT2D eigenvalue weighted by Gasteiger charge is -2.15. The van der Waals surface area contributed by atoms with Gasteiger partial charge in [0.15, 0.2) is 0 Å². The van der Waals surface area contributed by atoms with Crippen molar-refractivity contribution in [3.8, 4) is 17.9 Å². The minimum absolute atomic E-state index is 0.148. The van der Waals surface area contributed by atoms with Crippen LogP contribution in [0.5, 0.6) is 0 Å². The summed E-state index contributed by atoms with van der Waals surface area (Å²) in [5.41, 5.74) is 7.75. The van der Waals surface area contributed by atoms with E-state index in [4.69, 9.17) is 11.0 Å². The normalized spacial score (nSPS) is 13.3. The van der Waals surface area contributed by atoms with Gasteiger partial charge in [0, 0.05) is 17.1 Å². The van der Waals surface area contributed by atoms with E-state index in [0.717, 1.165) is 36.3 Å². The summed E-state index contributed by atoms with van der Waals surface area (Å²) in [6, 6.07) is 9.74. The number of nitrogens with two attached hydrogens (primary N) is 1. The third-order valence-corrected chi connectivity index (χ3v) is 4.28. The summed E-state index contributed by atoms with van der Waals surface area (Å²) in [6.07, 6.45) is 4.88. The number of anilines is 3. The monoisotopic (exact) mass is 360 g/mol. The highest BCUT2D eigenvalue weighted by atomic mass is 15.2. The summed E-state index contributed by atoms with van der Waals surface area (Å²) in [5, 5.41) is 15.5. The van der Waals surface area contributed by atoms with Crippen LogP contribution >= 0.6 is 0 Å². The van der Waals surface area contributed by atoms with Crippen LogP contribution in [0.2, 0.25) is 0 Å². The molecule has 4 N–H and O–H groups in total. The van der Waals surface area contributed by atoms with Crippen molar-refractivity contribution in [3.05, 3.63) is 41.6 Å². The summed E-state index contributed by atoms with van der Waals surface area (Å²) >= 11 is 0. The molecule has 1 fully saturated rings. The Labute approximate surface area is 160 Å². The zero-order valence-electron chi connectivity index (χ0n) is 15.7. The van der Waals surface area contributed by atoms with E-state index in [2.05, 4.69) is 52.4 Å². The van der Waals surface area contributed by atoms with Crippen LogP contribution in [0.15, 0.2) is 30.5 Å². The van der Waals surface area contributed by atoms with E-state index >= 15 is 0 Å². The number of nitrogens with zero attached hydrogens (tertiary/aromatic N) is 3. The van der Waals surface area contributed by atoms with Crippen LogP contribution in [0.25, 0.3) is 0 Å². The predicted octanol–water partition coefficient (Wildman–Crippen LogP) is 3.39. The molecule has 1 aliphatic carbocycles. The molecule has 2 aromatic rings. The Morgan fingerprint density at radius 3 is 2.63 bits per heavy atom. The molecule has 1 aliphatic rings. The molecule has 0 atom stereocenters. The maximum Gasteiger partial charge on any atom is 0.229 e. The van der Waals surface area contributed by atoms with Gasteiger partial charge in [-0.1, -0.05) is 11.8 Å². The van der Waals surface area contributed by atoms with Crippen LogP contribution in [-0.4, -0.2) is 22.6 Å². The number of nitriles is 1. The predicted molar refractivity (Wildman–Crippen MR) is 107 cm³/mol. The Balaban J connectivity index is 1.83. The first-order chi connectivity index (χ1) is 13.0. The number of hydrogen-bond donors (Lipinski definition) is 3. The second-order valence-electron chi connectivity index (χ2n) is 7.36. The number of benzene rings is 1. The van der Waals surface area contributed by atoms with Gasteiger partial charge < -0.3 is 16.4 Å². The SMILES string of the molecule is CC(C)(C#Cc1cnc(Nc2ccc(C#N)cc2)nc1NC1CC1)CCN. The van der Waals surface area contributed by atoms with Gasteiger partial charge in [-0.2, -0.15) is 10.2 Å². The molecule has 1 heterocycles. The lowest BCUT2D eigenvalue weighted by Crippen LogP contribution is -2.15. The highest BCUT2D eigenvalue weighted by Gasteiger charge is 2.23. The summed E-state index contributed by atoms with van der Waals surface area (Å²) < 4.78 is 0. The van der Waals surface area contributed by atoms with E-state index < -0.39 is 0 Å². The van der Waals surface area contributed by atoms with E-state index in [-0.39, 0.29) is 5.41 Å². The largest absolute Gasteiger partial charge is 0.366 e. The van der Waals surface area contributed by atoms with Gasteiger partial charge in [0.25, 0.3) is 0 Å². The standard InChI is InChI=1S/C21H24N6/c1-21(2,11-12-22)10-9-16-14-24-20(27-19(16)25-17-7-8-17)26-18-5-3-15(13-23)4-6-18/h3-6,14,17H,7-8,11-12,22H2,1-2H3,(H2,24,25,26,27). The highest BCUT2D eigenvalue weighted by Crippen LogP contribution is 2.27. The topological polar surface area (TPSA) is 99.6 Å². The fourth-order valence-electron chi connectivity index (χ4n) is 2.48. The third kappa shape index (κ3) is 5.44. The van der Waals surface area contributed by atoms with Crippen molar-refractivity contribution in [3.63, 3.8) is 0 Å². The molecule has 1 aromatic heterocycles. The van der Waals surface area contributed by atoms with E-state index in [0.29, 0.717) is 24.1 Å². The van der Waals surface area contributed by atoms with Crippen molar-refractivity contribution in [1.29, 1.82) is 5.26 Å². The van der Waals surface area contributed by atoms with Gasteiger partial charge in [-0.15, -0.1) is 0 Å². The van der Waals surface area contributed by atoms with Crippen LogP contribution in [0.4, 0.5) is 17.5 Å². The maximum absolute atomic E-state index is 8.89. The Bertz CT molecular complexity index is 895. The number of aromatic nitrogens is 2. The second-order valence-corrected chi connectivity index (χ2v) is 7.36. The summed E-state index contributed by atoms with van der Waals surface area (Å²) in [6.45, 7) is 4.78. The molecule has 0 radical (unpaired) electrons. The first-order valence-electron chi connectivity index (χ1n) is 9.13. The fourth-order valence-corrected chi connectivity index (χ4v) is 2.48. The van der Waals surface area contributed by atoms with E-state index in [1.54, 1.807) is 18.3 Å². The van der Waals surface area contributed by atoms with E-state index in [1.807, 2.05) is 12.1 Å². The van der Waals surface area contributed by atoms with Gasteiger partial charge in [-0.25, -0.2) is 4.98 Å². The van der Waals surface area contributed by atoms with Crippen LogP contribution in [-0.2, 0) is 0 Å². The van der Waals surface area contributed by atoms with Crippen LogP contribution in [0.1, 0.15) is 44.2 Å². The molecule has 1 saturated carbocycles. The summed E-state index contributed by atoms with van der Waals surface area (Å²) in [7, 11) is 0. The van der Waals surface area contributed by atoms with Gasteiger partial charge >= 0.3 is 0 Å². The lowest BCUT2D eigenvalue weighted by atomic mass is 9.90. The van der Waals surface area contributed by atoms with Gasteiger partial charge in [0.1, 0.15) is 5.82 Å². The molecule has 1 aromatic carbocycles. The molecule has 0 amide bonds. The molecule has 6 nitrogen and oxygen atoms in total. The minimum Gasteiger partial charge on any atom is -0.366 e. The molecular weight excluding hydrogens is 336 g/mol. The zero-order chi connectivity index (χ0) is 19.3. The second kappa shape index (κ2) is 8.07. The molecular formula is C21H24N6. The van der Waals surface area contributed by atoms with Gasteiger partial charge in [0.05, 0.1) is 23.4 Å². The number of nitrogens with one attached hydrogen (secondary N) is 2. The molecule has 0 bridgehead atoms. The lowest BCUT2D eigenvalue weighted by molar-refractivity contribution is 0.466. The Morgan fingerprint density at radius 2 is 2.00 bits per heavy atom. The Hall–Kier alpha value is -3.09. The van der Waals surface area contributed by atoms with Crippen LogP contribution < -0.4 is 16.4 Å². The molecule has 0 spiro atoms. The minimum atomic E-state index is -0.148. The van der Waals surface area contributed by atoms with Crippen molar-refractivity contribution >= 4 is 17.5 Å². The average molecular weight is 360 g/mol. The fraction of sp³-hybridized carbons (Fsp3) is 0.381. The molecule has 0 unspecified atom stereocenters. The summed E-state index contributed by atoms with van der Waals surface area (Å²) in [5.74, 6) is 7.76. The van der Waals surface area contributed by atoms with Crippen molar-refractivity contribution < 1.29 is 0 Å². The smallest absolute Gasteiger partial charge is 0.229 e. The van der Waals surface area contributed by atoms with Crippen molar-refractivity contribution in [2.45, 2.75) is 39.2 Å². The number of rotatable bonds is 6. The molecule has 3 rings (SSSR count). The zero-order valence-corrected chi connectivity index (χ0v) is 15.7. The van der Waals surface area contributed by atoms with Gasteiger partial charge in [-0.3, -0.25) is 0 Å². The van der Waals surface area contributed by atoms with E-state index in [9.17, 15) is 0 Å². The number of hydrogen-bond acceptors (Lipinski definition) is 6. The van der Waals surface area contributed by atoms with Crippen LogP contribution in [0.3, 0.4) is 0 Å². The summed E-state index contributed by atoms with van der Waals surface area (Å²) in [4.78, 5) is 9.01.